The third kappa shape index (κ3) is 12.7. The lowest BCUT2D eigenvalue weighted by Gasteiger charge is -2.36. The molecule has 0 aromatic heterocycles. The van der Waals surface area contributed by atoms with Crippen LogP contribution in [-0.4, -0.2) is 34.4 Å². The number of allylic oxidation sites excluding steroid dienone is 3. The molecule has 0 spiro atoms. The van der Waals surface area contributed by atoms with Crippen LogP contribution in [0.2, 0.25) is 0 Å². The van der Waals surface area contributed by atoms with Crippen LogP contribution < -0.4 is 0 Å². The van der Waals surface area contributed by atoms with E-state index in [0.717, 1.165) is 49.0 Å². The fourth-order valence-corrected chi connectivity index (χ4v) is 3.53. The van der Waals surface area contributed by atoms with Crippen molar-refractivity contribution in [3.05, 3.63) is 37.0 Å². The Kier molecular flexibility index (Phi) is 15.1. The van der Waals surface area contributed by atoms with Gasteiger partial charge in [-0.1, -0.05) is 18.2 Å². The summed E-state index contributed by atoms with van der Waals surface area (Å²) < 4.78 is 23.3. The molecule has 0 aromatic carbocycles. The Hall–Kier alpha value is -1.20. The lowest BCUT2D eigenvalue weighted by Crippen LogP contribution is -2.35. The molecule has 0 radical (unpaired) electrons. The average molecular weight is 399 g/mol. The molecular formula is C22H42O4Si. The minimum atomic E-state index is -0.124. The second-order valence-corrected chi connectivity index (χ2v) is 7.66. The molecule has 0 fully saturated rings. The van der Waals surface area contributed by atoms with Gasteiger partial charge in [0.25, 0.3) is 0 Å². The van der Waals surface area contributed by atoms with Crippen molar-refractivity contribution in [2.75, 3.05) is 0 Å². The van der Waals surface area contributed by atoms with Gasteiger partial charge >= 0.3 is 0 Å². The van der Waals surface area contributed by atoms with Crippen LogP contribution in [0.25, 0.3) is 0 Å². The van der Waals surface area contributed by atoms with Crippen LogP contribution in [0.3, 0.4) is 0 Å². The fraction of sp³-hybridized carbons (Fsp3) is 0.727. The Bertz CT molecular complexity index is 374. The van der Waals surface area contributed by atoms with Gasteiger partial charge in [-0.3, -0.25) is 0 Å². The van der Waals surface area contributed by atoms with E-state index < -0.39 is 0 Å². The maximum absolute atomic E-state index is 6.22. The van der Waals surface area contributed by atoms with Crippen molar-refractivity contribution < 1.29 is 18.6 Å². The summed E-state index contributed by atoms with van der Waals surface area (Å²) in [6.07, 6.45) is 17.5. The lowest BCUT2D eigenvalue weighted by atomic mass is 9.85. The maximum Gasteiger partial charge on any atom is 0.146 e. The van der Waals surface area contributed by atoms with Crippen molar-refractivity contribution in [3.63, 3.8) is 0 Å². The second-order valence-electron chi connectivity index (χ2n) is 7.25. The first-order valence-corrected chi connectivity index (χ1v) is 11.1. The molecule has 0 heterocycles. The topological polar surface area (TPSA) is 36.9 Å². The molecule has 0 bridgehead atoms. The van der Waals surface area contributed by atoms with Gasteiger partial charge in [-0.05, 0) is 80.1 Å². The van der Waals surface area contributed by atoms with Gasteiger partial charge in [0.1, 0.15) is 10.5 Å². The highest BCUT2D eigenvalue weighted by Crippen LogP contribution is 2.32. The van der Waals surface area contributed by atoms with Gasteiger partial charge < -0.3 is 18.6 Å². The van der Waals surface area contributed by atoms with E-state index in [1.807, 2.05) is 39.0 Å². The molecule has 0 amide bonds. The van der Waals surface area contributed by atoms with Gasteiger partial charge in [0.2, 0.25) is 0 Å². The highest BCUT2D eigenvalue weighted by atomic mass is 28.2. The quantitative estimate of drug-likeness (QED) is 0.265. The summed E-state index contributed by atoms with van der Waals surface area (Å²) in [4.78, 5) is 0. The van der Waals surface area contributed by atoms with E-state index in [1.165, 1.54) is 0 Å². The summed E-state index contributed by atoms with van der Waals surface area (Å²) in [7, 11) is 0.721. The number of hydrogen-bond acceptors (Lipinski definition) is 4. The molecule has 158 valence electrons. The molecule has 0 aliphatic rings. The Morgan fingerprint density at radius 3 is 1.19 bits per heavy atom. The van der Waals surface area contributed by atoms with E-state index in [2.05, 4.69) is 20.8 Å². The van der Waals surface area contributed by atoms with E-state index in [1.54, 1.807) is 18.8 Å². The van der Waals surface area contributed by atoms with Crippen LogP contribution in [0, 0.1) is 0 Å². The summed E-state index contributed by atoms with van der Waals surface area (Å²) in [5.74, 6) is 0. The van der Waals surface area contributed by atoms with Gasteiger partial charge in [0, 0.05) is 0 Å². The summed E-state index contributed by atoms with van der Waals surface area (Å²) in [6, 6.07) is 0. The van der Waals surface area contributed by atoms with Gasteiger partial charge in [0.05, 0.1) is 42.7 Å². The van der Waals surface area contributed by atoms with E-state index in [4.69, 9.17) is 18.6 Å². The Morgan fingerprint density at radius 2 is 0.963 bits per heavy atom. The van der Waals surface area contributed by atoms with Gasteiger partial charge in [-0.25, -0.2) is 0 Å². The molecule has 0 rings (SSSR count). The van der Waals surface area contributed by atoms with Crippen molar-refractivity contribution in [3.8, 4) is 0 Å². The number of hydrogen-bond donors (Lipinski definition) is 0. The van der Waals surface area contributed by atoms with Crippen molar-refractivity contribution in [2.45, 2.75) is 104 Å². The lowest BCUT2D eigenvalue weighted by molar-refractivity contribution is 0.00608. The van der Waals surface area contributed by atoms with Crippen LogP contribution >= 0.6 is 0 Å². The number of rotatable bonds is 16. The van der Waals surface area contributed by atoms with Crippen molar-refractivity contribution in [1.29, 1.82) is 0 Å². The molecule has 3 atom stereocenters. The molecule has 0 N–H and O–H groups in total. The van der Waals surface area contributed by atoms with Crippen LogP contribution in [0.15, 0.2) is 37.0 Å². The molecule has 27 heavy (non-hydrogen) atoms. The zero-order valence-electron chi connectivity index (χ0n) is 18.6. The minimum absolute atomic E-state index is 0.124. The smallest absolute Gasteiger partial charge is 0.146 e. The molecule has 0 aromatic rings. The minimum Gasteiger partial charge on any atom is -0.499 e. The molecular weight excluding hydrogens is 356 g/mol. The molecule has 0 saturated carbocycles. The van der Waals surface area contributed by atoms with Gasteiger partial charge in [-0.2, -0.15) is 0 Å². The van der Waals surface area contributed by atoms with E-state index >= 15 is 0 Å². The Labute approximate surface area is 170 Å². The summed E-state index contributed by atoms with van der Waals surface area (Å²) >= 11 is 0. The van der Waals surface area contributed by atoms with Gasteiger partial charge in [-0.15, -0.1) is 0 Å². The molecule has 0 aliphatic carbocycles. The molecule has 5 heteroatoms. The van der Waals surface area contributed by atoms with Crippen LogP contribution in [-0.2, 0) is 18.6 Å². The van der Waals surface area contributed by atoms with Crippen LogP contribution in [0.4, 0.5) is 0 Å². The maximum atomic E-state index is 6.22. The first-order chi connectivity index (χ1) is 12.9. The molecule has 0 saturated heterocycles. The van der Waals surface area contributed by atoms with E-state index in [-0.39, 0.29) is 23.9 Å². The fourth-order valence-electron chi connectivity index (χ4n) is 2.92. The highest BCUT2D eigenvalue weighted by molar-refractivity contribution is 5.98. The third-order valence-corrected chi connectivity index (χ3v) is 5.66. The predicted molar refractivity (Wildman–Crippen MR) is 118 cm³/mol. The van der Waals surface area contributed by atoms with Crippen molar-refractivity contribution in [1.82, 2.24) is 0 Å². The van der Waals surface area contributed by atoms with Crippen LogP contribution in [0.1, 0.15) is 80.1 Å². The Balaban J connectivity index is 4.88. The zero-order valence-corrected chi connectivity index (χ0v) is 20.6. The third-order valence-electron chi connectivity index (χ3n) is 4.79. The second kappa shape index (κ2) is 15.8. The summed E-state index contributed by atoms with van der Waals surface area (Å²) in [5, 5.41) is 0. The molecule has 4 nitrogen and oxygen atoms in total. The van der Waals surface area contributed by atoms with Crippen LogP contribution in [0.5, 0.6) is 0 Å². The van der Waals surface area contributed by atoms with E-state index in [0.29, 0.717) is 0 Å². The number of ether oxygens (including phenoxy) is 3. The summed E-state index contributed by atoms with van der Waals surface area (Å²) in [5.41, 5.74) is -0.124. The first kappa shape index (κ1) is 25.8. The first-order valence-electron chi connectivity index (χ1n) is 10.3. The molecule has 3 unspecified atom stereocenters. The van der Waals surface area contributed by atoms with E-state index in [9.17, 15) is 0 Å². The van der Waals surface area contributed by atoms with Crippen molar-refractivity contribution in [2.24, 2.45) is 0 Å². The molecule has 0 aliphatic heterocycles. The normalized spacial score (nSPS) is 18.0. The predicted octanol–water partition coefficient (Wildman–Crippen LogP) is 5.18. The monoisotopic (exact) mass is 398 g/mol. The largest absolute Gasteiger partial charge is 0.499 e. The highest BCUT2D eigenvalue weighted by Gasteiger charge is 2.30. The Morgan fingerprint density at radius 1 is 0.667 bits per heavy atom. The summed E-state index contributed by atoms with van der Waals surface area (Å²) in [6.45, 7) is 12.3. The standard InChI is InChI=1S/C22H42O4Si/c1-7-16-23-19(4)10-13-22(26-27,14-11-20(5)24-17-8-2)15-12-21(6)25-18-9-3/h7-9,16-21H,10-15H2,1-6,27H3/b16-7-,17-8-,18-9-. The SMILES string of the molecule is C/C=C\OC(C)CCC(CCC(C)O/C=C\C)(CCC(C)O/C=C\C)O[SiH3]. The van der Waals surface area contributed by atoms with Gasteiger partial charge in [0.15, 0.2) is 0 Å². The van der Waals surface area contributed by atoms with Crippen molar-refractivity contribution >= 4 is 10.5 Å². The zero-order chi connectivity index (χ0) is 20.5. The average Bonchev–Trinajstić information content (AvgIpc) is 2.68.